The Labute approximate surface area is 87.4 Å². The zero-order valence-corrected chi connectivity index (χ0v) is 9.46. The van der Waals surface area contributed by atoms with Gasteiger partial charge in [-0.2, -0.15) is 0 Å². The molecule has 14 heavy (non-hydrogen) atoms. The number of hydrogen-bond acceptors (Lipinski definition) is 3. The SMILES string of the molecule is CC(C)CNC(CN)C1CCOCC1. The predicted molar refractivity (Wildman–Crippen MR) is 59.2 cm³/mol. The molecule has 0 aromatic rings. The lowest BCUT2D eigenvalue weighted by Crippen LogP contribution is -2.45. The molecule has 1 aliphatic rings. The Morgan fingerprint density at radius 2 is 2.00 bits per heavy atom. The maximum Gasteiger partial charge on any atom is 0.0469 e. The van der Waals surface area contributed by atoms with Crippen LogP contribution in [0.15, 0.2) is 0 Å². The molecule has 0 aliphatic carbocycles. The summed E-state index contributed by atoms with van der Waals surface area (Å²) in [5.41, 5.74) is 5.79. The first kappa shape index (κ1) is 12.0. The lowest BCUT2D eigenvalue weighted by Gasteiger charge is -2.30. The molecule has 1 aliphatic heterocycles. The van der Waals surface area contributed by atoms with E-state index in [1.807, 2.05) is 0 Å². The van der Waals surface area contributed by atoms with Crippen molar-refractivity contribution < 1.29 is 4.74 Å². The van der Waals surface area contributed by atoms with E-state index >= 15 is 0 Å². The van der Waals surface area contributed by atoms with Crippen molar-refractivity contribution in [1.82, 2.24) is 5.32 Å². The highest BCUT2D eigenvalue weighted by Gasteiger charge is 2.22. The third kappa shape index (κ3) is 3.95. The van der Waals surface area contributed by atoms with Gasteiger partial charge in [0.25, 0.3) is 0 Å². The van der Waals surface area contributed by atoms with E-state index in [1.54, 1.807) is 0 Å². The van der Waals surface area contributed by atoms with Crippen molar-refractivity contribution in [2.45, 2.75) is 32.7 Å². The average Bonchev–Trinajstić information content (AvgIpc) is 2.20. The summed E-state index contributed by atoms with van der Waals surface area (Å²) in [6.07, 6.45) is 2.32. The van der Waals surface area contributed by atoms with Gasteiger partial charge in [-0.1, -0.05) is 13.8 Å². The van der Waals surface area contributed by atoms with Crippen molar-refractivity contribution in [3.63, 3.8) is 0 Å². The maximum atomic E-state index is 5.79. The van der Waals surface area contributed by atoms with Crippen molar-refractivity contribution in [3.05, 3.63) is 0 Å². The Balaban J connectivity index is 2.28. The molecule has 3 heteroatoms. The summed E-state index contributed by atoms with van der Waals surface area (Å²) >= 11 is 0. The minimum Gasteiger partial charge on any atom is -0.381 e. The summed E-state index contributed by atoms with van der Waals surface area (Å²) in [5.74, 6) is 1.41. The molecule has 0 amide bonds. The zero-order valence-electron chi connectivity index (χ0n) is 9.46. The van der Waals surface area contributed by atoms with Crippen LogP contribution in [0.25, 0.3) is 0 Å². The molecule has 1 rings (SSSR count). The van der Waals surface area contributed by atoms with E-state index in [2.05, 4.69) is 19.2 Å². The highest BCUT2D eigenvalue weighted by atomic mass is 16.5. The fraction of sp³-hybridized carbons (Fsp3) is 1.00. The summed E-state index contributed by atoms with van der Waals surface area (Å²) in [7, 11) is 0. The molecule has 1 heterocycles. The summed E-state index contributed by atoms with van der Waals surface area (Å²) < 4.78 is 5.35. The van der Waals surface area contributed by atoms with Crippen LogP contribution in [0.3, 0.4) is 0 Å². The van der Waals surface area contributed by atoms with E-state index in [4.69, 9.17) is 10.5 Å². The van der Waals surface area contributed by atoms with Crippen LogP contribution < -0.4 is 11.1 Å². The topological polar surface area (TPSA) is 47.3 Å². The number of hydrogen-bond donors (Lipinski definition) is 2. The number of ether oxygens (including phenoxy) is 1. The second-order valence-corrected chi connectivity index (χ2v) is 4.59. The first-order valence-corrected chi connectivity index (χ1v) is 5.75. The van der Waals surface area contributed by atoms with Crippen LogP contribution >= 0.6 is 0 Å². The first-order valence-electron chi connectivity index (χ1n) is 5.75. The molecule has 0 radical (unpaired) electrons. The highest BCUT2D eigenvalue weighted by molar-refractivity contribution is 4.79. The lowest BCUT2D eigenvalue weighted by molar-refractivity contribution is 0.0544. The van der Waals surface area contributed by atoms with Crippen molar-refractivity contribution in [1.29, 1.82) is 0 Å². The Hall–Kier alpha value is -0.120. The Bertz CT molecular complexity index is 144. The number of nitrogens with one attached hydrogen (secondary N) is 1. The van der Waals surface area contributed by atoms with E-state index < -0.39 is 0 Å². The van der Waals surface area contributed by atoms with Crippen molar-refractivity contribution >= 4 is 0 Å². The zero-order chi connectivity index (χ0) is 10.4. The Morgan fingerprint density at radius 3 is 2.50 bits per heavy atom. The third-order valence-corrected chi connectivity index (χ3v) is 2.88. The minimum atomic E-state index is 0.487. The summed E-state index contributed by atoms with van der Waals surface area (Å²) in [6.45, 7) is 8.08. The Kier molecular flexibility index (Phi) is 5.45. The minimum absolute atomic E-state index is 0.487. The molecule has 0 aromatic heterocycles. The fourth-order valence-corrected chi connectivity index (χ4v) is 1.95. The molecule has 3 nitrogen and oxygen atoms in total. The average molecular weight is 200 g/mol. The van der Waals surface area contributed by atoms with Gasteiger partial charge in [-0.15, -0.1) is 0 Å². The van der Waals surface area contributed by atoms with Gasteiger partial charge in [0.1, 0.15) is 0 Å². The lowest BCUT2D eigenvalue weighted by atomic mass is 9.91. The second kappa shape index (κ2) is 6.38. The van der Waals surface area contributed by atoms with Crippen LogP contribution in [0, 0.1) is 11.8 Å². The van der Waals surface area contributed by atoms with Gasteiger partial charge in [-0.25, -0.2) is 0 Å². The fourth-order valence-electron chi connectivity index (χ4n) is 1.95. The van der Waals surface area contributed by atoms with E-state index in [0.29, 0.717) is 17.9 Å². The van der Waals surface area contributed by atoms with Crippen LogP contribution in [0.4, 0.5) is 0 Å². The predicted octanol–water partition coefficient (Wildman–Crippen LogP) is 0.986. The molecule has 0 aromatic carbocycles. The maximum absolute atomic E-state index is 5.79. The summed E-state index contributed by atoms with van der Waals surface area (Å²) in [4.78, 5) is 0. The molecule has 1 unspecified atom stereocenters. The van der Waals surface area contributed by atoms with Crippen LogP contribution in [0.2, 0.25) is 0 Å². The van der Waals surface area contributed by atoms with Gasteiger partial charge in [0.2, 0.25) is 0 Å². The summed E-state index contributed by atoms with van der Waals surface area (Å²) in [5, 5.41) is 3.56. The van der Waals surface area contributed by atoms with Gasteiger partial charge in [0.15, 0.2) is 0 Å². The van der Waals surface area contributed by atoms with E-state index in [-0.39, 0.29) is 0 Å². The molecule has 0 saturated carbocycles. The first-order chi connectivity index (χ1) is 6.74. The number of nitrogens with two attached hydrogens (primary N) is 1. The largest absolute Gasteiger partial charge is 0.381 e. The van der Waals surface area contributed by atoms with E-state index in [0.717, 1.165) is 39.1 Å². The Morgan fingerprint density at radius 1 is 1.36 bits per heavy atom. The van der Waals surface area contributed by atoms with Crippen LogP contribution in [0.5, 0.6) is 0 Å². The third-order valence-electron chi connectivity index (χ3n) is 2.88. The molecule has 1 fully saturated rings. The van der Waals surface area contributed by atoms with Crippen molar-refractivity contribution in [2.24, 2.45) is 17.6 Å². The van der Waals surface area contributed by atoms with Gasteiger partial charge in [0, 0.05) is 25.8 Å². The van der Waals surface area contributed by atoms with Gasteiger partial charge in [-0.3, -0.25) is 0 Å². The monoisotopic (exact) mass is 200 g/mol. The van der Waals surface area contributed by atoms with Gasteiger partial charge < -0.3 is 15.8 Å². The van der Waals surface area contributed by atoms with Gasteiger partial charge in [0.05, 0.1) is 0 Å². The van der Waals surface area contributed by atoms with Crippen molar-refractivity contribution in [2.75, 3.05) is 26.3 Å². The van der Waals surface area contributed by atoms with Gasteiger partial charge in [-0.05, 0) is 31.2 Å². The standard InChI is InChI=1S/C11H24N2O/c1-9(2)8-13-11(7-12)10-3-5-14-6-4-10/h9-11,13H,3-8,12H2,1-2H3. The quantitative estimate of drug-likeness (QED) is 0.695. The molecular weight excluding hydrogens is 176 g/mol. The van der Waals surface area contributed by atoms with Crippen LogP contribution in [-0.4, -0.2) is 32.3 Å². The molecule has 3 N–H and O–H groups in total. The summed E-state index contributed by atoms with van der Waals surface area (Å²) in [6, 6.07) is 0.487. The number of rotatable bonds is 5. The normalized spacial score (nSPS) is 21.4. The highest BCUT2D eigenvalue weighted by Crippen LogP contribution is 2.18. The van der Waals surface area contributed by atoms with Crippen LogP contribution in [-0.2, 0) is 4.74 Å². The molecule has 1 saturated heterocycles. The second-order valence-electron chi connectivity index (χ2n) is 4.59. The van der Waals surface area contributed by atoms with Gasteiger partial charge >= 0.3 is 0 Å². The molecule has 1 atom stereocenters. The molecule has 84 valence electrons. The molecule has 0 bridgehead atoms. The molecule has 0 spiro atoms. The van der Waals surface area contributed by atoms with Crippen LogP contribution in [0.1, 0.15) is 26.7 Å². The van der Waals surface area contributed by atoms with E-state index in [1.165, 1.54) is 0 Å². The smallest absolute Gasteiger partial charge is 0.0469 e. The molecular formula is C11H24N2O. The van der Waals surface area contributed by atoms with Crippen molar-refractivity contribution in [3.8, 4) is 0 Å². The van der Waals surface area contributed by atoms with E-state index in [9.17, 15) is 0 Å².